The number of carbonyl (C=O) groups is 1. The summed E-state index contributed by atoms with van der Waals surface area (Å²) in [5, 5.41) is 1.48. The van der Waals surface area contributed by atoms with Crippen LogP contribution in [0.15, 0.2) is 29.6 Å². The number of halogens is 2. The minimum absolute atomic E-state index is 0.102. The highest BCUT2D eigenvalue weighted by molar-refractivity contribution is 7.98. The Bertz CT molecular complexity index is 698. The van der Waals surface area contributed by atoms with Gasteiger partial charge < -0.3 is 10.5 Å². The lowest BCUT2D eigenvalue weighted by Gasteiger charge is -2.06. The molecule has 1 aromatic carbocycles. The molecule has 0 unspecified atom stereocenters. The molecule has 1 heterocycles. The topological polar surface area (TPSA) is 78.1 Å². The van der Waals surface area contributed by atoms with E-state index in [0.29, 0.717) is 21.0 Å². The molecule has 2 aromatic rings. The number of esters is 1. The van der Waals surface area contributed by atoms with Crippen LogP contribution >= 0.6 is 35.0 Å². The largest absolute Gasteiger partial charge is 0.462 e. The molecule has 0 spiro atoms. The van der Waals surface area contributed by atoms with Gasteiger partial charge in [0.15, 0.2) is 5.16 Å². The number of rotatable bonds is 5. The molecule has 0 aliphatic rings. The summed E-state index contributed by atoms with van der Waals surface area (Å²) in [6.45, 7) is 1.99. The van der Waals surface area contributed by atoms with E-state index in [2.05, 4.69) is 9.97 Å². The number of nitrogens with zero attached hydrogens (tertiary/aromatic N) is 2. The monoisotopic (exact) mass is 357 g/mol. The number of nitrogen functional groups attached to an aromatic ring is 1. The highest BCUT2D eigenvalue weighted by atomic mass is 35.5. The van der Waals surface area contributed by atoms with Gasteiger partial charge in [0.2, 0.25) is 0 Å². The number of carbonyl (C=O) groups excluding carboxylic acids is 1. The fraction of sp³-hybridized carbons (Fsp3) is 0.214. The number of nitrogens with two attached hydrogens (primary N) is 1. The fourth-order valence-electron chi connectivity index (χ4n) is 1.59. The molecular weight excluding hydrogens is 345 g/mol. The zero-order valence-electron chi connectivity index (χ0n) is 11.7. The molecule has 116 valence electrons. The minimum Gasteiger partial charge on any atom is -0.462 e. The Hall–Kier alpha value is -1.50. The average molecular weight is 358 g/mol. The second-order valence-corrected chi connectivity index (χ2v) is 5.97. The highest BCUT2D eigenvalue weighted by Gasteiger charge is 2.13. The SMILES string of the molecule is CCOC(=O)c1cnc(SCc2ccc(Cl)c(Cl)c2)nc1N. The molecule has 0 atom stereocenters. The molecule has 0 bridgehead atoms. The van der Waals surface area contributed by atoms with Crippen LogP contribution in [0, 0.1) is 0 Å². The van der Waals surface area contributed by atoms with Crippen molar-refractivity contribution in [2.75, 3.05) is 12.3 Å². The number of ether oxygens (including phenoxy) is 1. The molecule has 0 radical (unpaired) electrons. The molecule has 1 aromatic heterocycles. The van der Waals surface area contributed by atoms with Crippen molar-refractivity contribution in [3.05, 3.63) is 45.6 Å². The van der Waals surface area contributed by atoms with Crippen LogP contribution in [0.4, 0.5) is 5.82 Å². The van der Waals surface area contributed by atoms with E-state index < -0.39 is 5.97 Å². The number of hydrogen-bond donors (Lipinski definition) is 1. The summed E-state index contributed by atoms with van der Waals surface area (Å²) in [4.78, 5) is 19.8. The Kier molecular flexibility index (Phi) is 5.88. The fourth-order valence-corrected chi connectivity index (χ4v) is 2.68. The number of hydrogen-bond acceptors (Lipinski definition) is 6. The van der Waals surface area contributed by atoms with Gasteiger partial charge in [0.25, 0.3) is 0 Å². The third-order valence-corrected chi connectivity index (χ3v) is 4.32. The van der Waals surface area contributed by atoms with E-state index in [1.54, 1.807) is 19.1 Å². The Morgan fingerprint density at radius 3 is 2.77 bits per heavy atom. The van der Waals surface area contributed by atoms with E-state index in [1.807, 2.05) is 6.07 Å². The van der Waals surface area contributed by atoms with Crippen LogP contribution in [0.3, 0.4) is 0 Å². The highest BCUT2D eigenvalue weighted by Crippen LogP contribution is 2.26. The summed E-state index contributed by atoms with van der Waals surface area (Å²) in [7, 11) is 0. The molecule has 0 saturated heterocycles. The van der Waals surface area contributed by atoms with E-state index in [4.69, 9.17) is 33.7 Å². The smallest absolute Gasteiger partial charge is 0.343 e. The first-order valence-corrected chi connectivity index (χ1v) is 8.11. The summed E-state index contributed by atoms with van der Waals surface area (Å²) in [5.41, 5.74) is 6.91. The van der Waals surface area contributed by atoms with Crippen LogP contribution in [0.25, 0.3) is 0 Å². The lowest BCUT2D eigenvalue weighted by atomic mass is 10.2. The van der Waals surface area contributed by atoms with Crippen molar-refractivity contribution in [1.82, 2.24) is 9.97 Å². The predicted molar refractivity (Wildman–Crippen MR) is 88.4 cm³/mol. The molecule has 22 heavy (non-hydrogen) atoms. The van der Waals surface area contributed by atoms with Crippen molar-refractivity contribution in [2.45, 2.75) is 17.8 Å². The van der Waals surface area contributed by atoms with Crippen molar-refractivity contribution < 1.29 is 9.53 Å². The molecule has 2 N–H and O–H groups in total. The Morgan fingerprint density at radius 2 is 2.14 bits per heavy atom. The maximum absolute atomic E-state index is 11.6. The quantitative estimate of drug-likeness (QED) is 0.497. The standard InChI is InChI=1S/C14H13Cl2N3O2S/c1-2-21-13(20)9-6-18-14(19-12(9)17)22-7-8-3-4-10(15)11(16)5-8/h3-6H,2,7H2,1H3,(H2,17,18,19). The molecule has 2 rings (SSSR count). The maximum atomic E-state index is 11.6. The van der Waals surface area contributed by atoms with Crippen LogP contribution in [0.1, 0.15) is 22.8 Å². The van der Waals surface area contributed by atoms with Gasteiger partial charge in [-0.2, -0.15) is 0 Å². The molecule has 5 nitrogen and oxygen atoms in total. The molecule has 8 heteroatoms. The van der Waals surface area contributed by atoms with E-state index in [0.717, 1.165) is 5.56 Å². The van der Waals surface area contributed by atoms with Crippen molar-refractivity contribution in [1.29, 1.82) is 0 Å². The van der Waals surface area contributed by atoms with E-state index >= 15 is 0 Å². The van der Waals surface area contributed by atoms with Gasteiger partial charge in [-0.05, 0) is 24.6 Å². The van der Waals surface area contributed by atoms with Gasteiger partial charge in [-0.15, -0.1) is 0 Å². The summed E-state index contributed by atoms with van der Waals surface area (Å²) in [6, 6.07) is 5.39. The molecule has 0 saturated carbocycles. The van der Waals surface area contributed by atoms with E-state index in [9.17, 15) is 4.79 Å². The normalized spacial score (nSPS) is 10.5. The van der Waals surface area contributed by atoms with E-state index in [-0.39, 0.29) is 18.0 Å². The van der Waals surface area contributed by atoms with Gasteiger partial charge in [0, 0.05) is 11.9 Å². The Balaban J connectivity index is 2.06. The summed E-state index contributed by atoms with van der Waals surface area (Å²) in [5.74, 6) is 0.181. The third-order valence-electron chi connectivity index (χ3n) is 2.64. The number of benzene rings is 1. The molecule has 0 amide bonds. The van der Waals surface area contributed by atoms with Gasteiger partial charge in [-0.1, -0.05) is 41.0 Å². The second kappa shape index (κ2) is 7.67. The summed E-state index contributed by atoms with van der Waals surface area (Å²) < 4.78 is 4.87. The first kappa shape index (κ1) is 16.9. The lowest BCUT2D eigenvalue weighted by molar-refractivity contribution is 0.0526. The van der Waals surface area contributed by atoms with Gasteiger partial charge in [0.1, 0.15) is 11.4 Å². The van der Waals surface area contributed by atoms with Crippen LogP contribution in [0.2, 0.25) is 10.0 Å². The van der Waals surface area contributed by atoms with Crippen LogP contribution in [-0.2, 0) is 10.5 Å². The van der Waals surface area contributed by atoms with Crippen molar-refractivity contribution in [3.63, 3.8) is 0 Å². The second-order valence-electron chi connectivity index (χ2n) is 4.21. The zero-order chi connectivity index (χ0) is 16.1. The number of anilines is 1. The van der Waals surface area contributed by atoms with Crippen LogP contribution in [0.5, 0.6) is 0 Å². The maximum Gasteiger partial charge on any atom is 0.343 e. The van der Waals surface area contributed by atoms with Gasteiger partial charge in [-0.3, -0.25) is 0 Å². The van der Waals surface area contributed by atoms with E-state index in [1.165, 1.54) is 18.0 Å². The van der Waals surface area contributed by atoms with Crippen molar-refractivity contribution in [3.8, 4) is 0 Å². The van der Waals surface area contributed by atoms with Crippen LogP contribution in [-0.4, -0.2) is 22.5 Å². The van der Waals surface area contributed by atoms with Gasteiger partial charge >= 0.3 is 5.97 Å². The molecular formula is C14H13Cl2N3O2S. The molecule has 0 aliphatic carbocycles. The first-order valence-electron chi connectivity index (χ1n) is 6.37. The number of thioether (sulfide) groups is 1. The minimum atomic E-state index is -0.527. The Labute approximate surface area is 142 Å². The van der Waals surface area contributed by atoms with Gasteiger partial charge in [0.05, 0.1) is 16.7 Å². The summed E-state index contributed by atoms with van der Waals surface area (Å²) in [6.07, 6.45) is 1.37. The summed E-state index contributed by atoms with van der Waals surface area (Å²) >= 11 is 13.2. The lowest BCUT2D eigenvalue weighted by Crippen LogP contribution is -2.10. The number of aromatic nitrogens is 2. The van der Waals surface area contributed by atoms with Gasteiger partial charge in [-0.25, -0.2) is 14.8 Å². The van der Waals surface area contributed by atoms with Crippen LogP contribution < -0.4 is 5.73 Å². The van der Waals surface area contributed by atoms with Crippen molar-refractivity contribution >= 4 is 46.8 Å². The first-order chi connectivity index (χ1) is 10.5. The third kappa shape index (κ3) is 4.25. The zero-order valence-corrected chi connectivity index (χ0v) is 14.0. The van der Waals surface area contributed by atoms with Crippen molar-refractivity contribution in [2.24, 2.45) is 0 Å². The predicted octanol–water partition coefficient (Wildman–Crippen LogP) is 3.83. The molecule has 0 aliphatic heterocycles. The Morgan fingerprint density at radius 1 is 1.36 bits per heavy atom. The molecule has 0 fully saturated rings. The average Bonchev–Trinajstić information content (AvgIpc) is 2.48.